The molecule has 0 radical (unpaired) electrons. The summed E-state index contributed by atoms with van der Waals surface area (Å²) in [4.78, 5) is 8.13. The largest absolute Gasteiger partial charge is 0.383 e. The molecule has 0 aromatic heterocycles. The zero-order valence-corrected chi connectivity index (χ0v) is 8.75. The SMILES string of the molecule is COCCN1CCN(CCOF)CC1. The lowest BCUT2D eigenvalue weighted by Crippen LogP contribution is -2.47. The molecule has 1 saturated heterocycles. The Hall–Kier alpha value is -0.230. The minimum Gasteiger partial charge on any atom is -0.383 e. The third kappa shape index (κ3) is 4.32. The van der Waals surface area contributed by atoms with Gasteiger partial charge in [0.15, 0.2) is 0 Å². The molecule has 1 aliphatic heterocycles. The minimum atomic E-state index is 0.179. The number of hydrogen-bond acceptors (Lipinski definition) is 4. The fourth-order valence-electron chi connectivity index (χ4n) is 1.62. The van der Waals surface area contributed by atoms with Crippen LogP contribution < -0.4 is 0 Å². The minimum absolute atomic E-state index is 0.179. The zero-order chi connectivity index (χ0) is 10.2. The summed E-state index contributed by atoms with van der Waals surface area (Å²) in [6, 6.07) is 0. The Morgan fingerprint density at radius 1 is 1.00 bits per heavy atom. The average Bonchev–Trinajstić information content (AvgIpc) is 2.25. The van der Waals surface area contributed by atoms with Gasteiger partial charge >= 0.3 is 0 Å². The number of hydrogen-bond donors (Lipinski definition) is 0. The Balaban J connectivity index is 2.05. The average molecular weight is 206 g/mol. The number of piperazine rings is 1. The van der Waals surface area contributed by atoms with Gasteiger partial charge in [-0.25, -0.2) is 0 Å². The van der Waals surface area contributed by atoms with Gasteiger partial charge in [0, 0.05) is 46.4 Å². The van der Waals surface area contributed by atoms with Crippen LogP contribution in [-0.2, 0) is 9.68 Å². The van der Waals surface area contributed by atoms with Crippen LogP contribution in [0, 0.1) is 0 Å². The van der Waals surface area contributed by atoms with E-state index in [1.165, 1.54) is 0 Å². The van der Waals surface area contributed by atoms with Crippen molar-refractivity contribution in [2.75, 3.05) is 59.6 Å². The fraction of sp³-hybridized carbons (Fsp3) is 1.00. The summed E-state index contributed by atoms with van der Waals surface area (Å²) < 4.78 is 16.4. The van der Waals surface area contributed by atoms with E-state index in [1.807, 2.05) is 0 Å². The number of ether oxygens (including phenoxy) is 1. The van der Waals surface area contributed by atoms with Gasteiger partial charge in [-0.1, -0.05) is 0 Å². The fourth-order valence-corrected chi connectivity index (χ4v) is 1.62. The molecule has 0 aromatic rings. The van der Waals surface area contributed by atoms with Gasteiger partial charge in [0.25, 0.3) is 0 Å². The molecule has 0 saturated carbocycles. The van der Waals surface area contributed by atoms with Crippen molar-refractivity contribution in [2.24, 2.45) is 0 Å². The maximum atomic E-state index is 11.4. The first-order chi connectivity index (χ1) is 6.86. The summed E-state index contributed by atoms with van der Waals surface area (Å²) >= 11 is 0. The van der Waals surface area contributed by atoms with Crippen molar-refractivity contribution >= 4 is 0 Å². The number of methoxy groups -OCH3 is 1. The van der Waals surface area contributed by atoms with Crippen molar-refractivity contribution in [3.05, 3.63) is 0 Å². The highest BCUT2D eigenvalue weighted by molar-refractivity contribution is 4.71. The molecule has 1 fully saturated rings. The maximum Gasteiger partial charge on any atom is 0.100 e. The van der Waals surface area contributed by atoms with Crippen LogP contribution in [0.15, 0.2) is 0 Å². The van der Waals surface area contributed by atoms with Crippen LogP contribution in [0.2, 0.25) is 0 Å². The van der Waals surface area contributed by atoms with Gasteiger partial charge in [-0.05, 0) is 4.53 Å². The molecular formula is C9H19FN2O2. The van der Waals surface area contributed by atoms with Gasteiger partial charge in [0.1, 0.15) is 6.61 Å². The smallest absolute Gasteiger partial charge is 0.100 e. The molecule has 0 aliphatic carbocycles. The predicted molar refractivity (Wildman–Crippen MR) is 51.8 cm³/mol. The van der Waals surface area contributed by atoms with Crippen LogP contribution in [0.4, 0.5) is 4.53 Å². The molecular weight excluding hydrogens is 187 g/mol. The second kappa shape index (κ2) is 7.11. The first-order valence-electron chi connectivity index (χ1n) is 5.04. The van der Waals surface area contributed by atoms with Crippen molar-refractivity contribution in [2.45, 2.75) is 0 Å². The van der Waals surface area contributed by atoms with Crippen molar-refractivity contribution in [3.63, 3.8) is 0 Å². The molecule has 1 aliphatic rings. The predicted octanol–water partition coefficient (Wildman–Crippen LogP) is 0.151. The van der Waals surface area contributed by atoms with Crippen molar-refractivity contribution in [1.29, 1.82) is 0 Å². The van der Waals surface area contributed by atoms with Gasteiger partial charge in [-0.15, -0.1) is 0 Å². The van der Waals surface area contributed by atoms with Crippen LogP contribution in [0.25, 0.3) is 0 Å². The van der Waals surface area contributed by atoms with Crippen molar-refractivity contribution < 1.29 is 14.2 Å². The molecule has 0 bridgehead atoms. The molecule has 0 aromatic carbocycles. The Morgan fingerprint density at radius 2 is 1.50 bits per heavy atom. The summed E-state index contributed by atoms with van der Waals surface area (Å²) in [5, 5.41) is 0. The number of rotatable bonds is 6. The van der Waals surface area contributed by atoms with Gasteiger partial charge in [0.2, 0.25) is 0 Å². The third-order valence-electron chi connectivity index (χ3n) is 2.56. The Kier molecular flexibility index (Phi) is 6.02. The topological polar surface area (TPSA) is 24.9 Å². The van der Waals surface area contributed by atoms with E-state index in [4.69, 9.17) is 4.74 Å². The second-order valence-corrected chi connectivity index (χ2v) is 3.49. The van der Waals surface area contributed by atoms with Gasteiger partial charge in [0.05, 0.1) is 6.61 Å². The van der Waals surface area contributed by atoms with Crippen LogP contribution in [0.1, 0.15) is 0 Å². The lowest BCUT2D eigenvalue weighted by atomic mass is 10.3. The molecule has 0 spiro atoms. The molecule has 14 heavy (non-hydrogen) atoms. The van der Waals surface area contributed by atoms with Crippen molar-refractivity contribution in [3.8, 4) is 0 Å². The Labute approximate surface area is 84.5 Å². The lowest BCUT2D eigenvalue weighted by molar-refractivity contribution is -0.137. The van der Waals surface area contributed by atoms with Gasteiger partial charge in [-0.2, -0.15) is 4.94 Å². The highest BCUT2D eigenvalue weighted by Crippen LogP contribution is 2.00. The number of nitrogens with zero attached hydrogens (tertiary/aromatic N) is 2. The quantitative estimate of drug-likeness (QED) is 0.617. The second-order valence-electron chi connectivity index (χ2n) is 3.49. The molecule has 4 nitrogen and oxygen atoms in total. The molecule has 0 amide bonds. The van der Waals surface area contributed by atoms with E-state index in [-0.39, 0.29) is 6.61 Å². The van der Waals surface area contributed by atoms with Crippen LogP contribution in [0.5, 0.6) is 0 Å². The first kappa shape index (κ1) is 11.8. The van der Waals surface area contributed by atoms with Crippen LogP contribution >= 0.6 is 0 Å². The first-order valence-corrected chi connectivity index (χ1v) is 5.04. The molecule has 0 unspecified atom stereocenters. The summed E-state index contributed by atoms with van der Waals surface area (Å²) in [7, 11) is 1.72. The van der Waals surface area contributed by atoms with E-state index in [9.17, 15) is 4.53 Å². The van der Waals surface area contributed by atoms with Gasteiger partial charge in [-0.3, -0.25) is 9.80 Å². The molecule has 1 heterocycles. The summed E-state index contributed by atoms with van der Waals surface area (Å²) in [5.74, 6) is 0. The van der Waals surface area contributed by atoms with E-state index in [2.05, 4.69) is 14.7 Å². The monoisotopic (exact) mass is 206 g/mol. The molecule has 1 rings (SSSR count). The lowest BCUT2D eigenvalue weighted by Gasteiger charge is -2.34. The highest BCUT2D eigenvalue weighted by atomic mass is 19.3. The summed E-state index contributed by atoms with van der Waals surface area (Å²) in [6.45, 7) is 6.70. The van der Waals surface area contributed by atoms with Crippen LogP contribution in [-0.4, -0.2) is 69.4 Å². The number of halogens is 1. The van der Waals surface area contributed by atoms with Gasteiger partial charge < -0.3 is 4.74 Å². The highest BCUT2D eigenvalue weighted by Gasteiger charge is 2.15. The Morgan fingerprint density at radius 3 is 1.93 bits per heavy atom. The van der Waals surface area contributed by atoms with E-state index >= 15 is 0 Å². The molecule has 0 N–H and O–H groups in total. The molecule has 0 atom stereocenters. The maximum absolute atomic E-state index is 11.4. The summed E-state index contributed by atoms with van der Waals surface area (Å²) in [6.07, 6.45) is 0. The van der Waals surface area contributed by atoms with E-state index in [0.29, 0.717) is 6.54 Å². The Bertz CT molecular complexity index is 125. The van der Waals surface area contributed by atoms with Crippen molar-refractivity contribution in [1.82, 2.24) is 9.80 Å². The molecule has 84 valence electrons. The van der Waals surface area contributed by atoms with E-state index < -0.39 is 0 Å². The zero-order valence-electron chi connectivity index (χ0n) is 8.75. The standard InChI is InChI=1S/C9H19FN2O2/c1-13-8-6-11-2-4-12(5-3-11)7-9-14-10/h2-9H2,1H3. The van der Waals surface area contributed by atoms with Crippen LogP contribution in [0.3, 0.4) is 0 Å². The van der Waals surface area contributed by atoms with E-state index in [0.717, 1.165) is 39.3 Å². The normalized spacial score (nSPS) is 20.1. The third-order valence-corrected chi connectivity index (χ3v) is 2.56. The summed E-state index contributed by atoms with van der Waals surface area (Å²) in [5.41, 5.74) is 0. The molecule has 5 heteroatoms. The van der Waals surface area contributed by atoms with E-state index in [1.54, 1.807) is 7.11 Å².